The van der Waals surface area contributed by atoms with Crippen molar-refractivity contribution in [2.45, 2.75) is 19.8 Å². The molecular formula is C24H28FN5O2. The van der Waals surface area contributed by atoms with E-state index in [2.05, 4.69) is 20.2 Å². The molecule has 0 unspecified atom stereocenters. The topological polar surface area (TPSA) is 85.5 Å². The number of halogens is 1. The number of rotatable bonds is 8. The molecule has 0 spiro atoms. The van der Waals surface area contributed by atoms with E-state index in [1.54, 1.807) is 12.1 Å². The maximum Gasteiger partial charge on any atom is 0.229 e. The van der Waals surface area contributed by atoms with Gasteiger partial charge in [-0.1, -0.05) is 0 Å². The van der Waals surface area contributed by atoms with Crippen molar-refractivity contribution in [3.05, 3.63) is 53.8 Å². The lowest BCUT2D eigenvalue weighted by molar-refractivity contribution is 0.238. The normalized spacial score (nSPS) is 13.8. The largest absolute Gasteiger partial charge is 0.494 e. The molecule has 0 aliphatic carbocycles. The number of methoxy groups -OCH3 is 1. The van der Waals surface area contributed by atoms with Gasteiger partial charge in [-0.3, -0.25) is 4.90 Å². The average Bonchev–Trinajstić information content (AvgIpc) is 3.31. The summed E-state index contributed by atoms with van der Waals surface area (Å²) in [5.74, 6) is 1.24. The molecular weight excluding hydrogens is 409 g/mol. The molecule has 32 heavy (non-hydrogen) atoms. The molecule has 1 aliphatic heterocycles. The van der Waals surface area contributed by atoms with Crippen LogP contribution in [0, 0.1) is 12.7 Å². The highest BCUT2D eigenvalue weighted by atomic mass is 19.1. The molecule has 3 N–H and O–H groups in total. The molecule has 7 nitrogen and oxygen atoms in total. The third-order valence-corrected chi connectivity index (χ3v) is 5.59. The zero-order valence-electron chi connectivity index (χ0n) is 18.4. The van der Waals surface area contributed by atoms with Crippen molar-refractivity contribution in [1.82, 2.24) is 14.9 Å². The van der Waals surface area contributed by atoms with Crippen LogP contribution in [0.1, 0.15) is 18.4 Å². The molecule has 0 amide bonds. The van der Waals surface area contributed by atoms with Crippen LogP contribution in [-0.4, -0.2) is 48.2 Å². The average molecular weight is 438 g/mol. The second kappa shape index (κ2) is 9.82. The Kier molecular flexibility index (Phi) is 6.70. The minimum Gasteiger partial charge on any atom is -0.494 e. The number of nitrogen functional groups attached to an aromatic ring is 1. The molecule has 0 radical (unpaired) electrons. The monoisotopic (exact) mass is 437 g/mol. The van der Waals surface area contributed by atoms with Crippen molar-refractivity contribution in [3.8, 4) is 22.8 Å². The zero-order valence-corrected chi connectivity index (χ0v) is 18.4. The number of hydrogen-bond donors (Lipinski definition) is 2. The number of nitrogens with one attached hydrogen (secondary N) is 1. The standard InChI is InChI=1S/C24H28FN5O2/c1-16-22(17-5-10-20(25)21(15-17)31-2)28-24(29-23(16)26)27-18-6-8-19(9-7-18)32-14-13-30-11-3-4-12-30/h5-10,15H,3-4,11-14H2,1-2H3,(H3,26,27,28,29). The maximum atomic E-state index is 13.8. The summed E-state index contributed by atoms with van der Waals surface area (Å²) < 4.78 is 24.8. The summed E-state index contributed by atoms with van der Waals surface area (Å²) in [6, 6.07) is 12.2. The summed E-state index contributed by atoms with van der Waals surface area (Å²) >= 11 is 0. The molecule has 1 fully saturated rings. The van der Waals surface area contributed by atoms with Crippen molar-refractivity contribution in [2.24, 2.45) is 0 Å². The molecule has 2 aromatic carbocycles. The van der Waals surface area contributed by atoms with Gasteiger partial charge in [0.25, 0.3) is 0 Å². The van der Waals surface area contributed by atoms with E-state index in [0.29, 0.717) is 35.2 Å². The Morgan fingerprint density at radius 3 is 2.56 bits per heavy atom. The minimum atomic E-state index is -0.433. The highest BCUT2D eigenvalue weighted by molar-refractivity contribution is 5.71. The fourth-order valence-electron chi connectivity index (χ4n) is 3.74. The molecule has 8 heteroatoms. The molecule has 3 aromatic rings. The Morgan fingerprint density at radius 2 is 1.84 bits per heavy atom. The van der Waals surface area contributed by atoms with Crippen molar-refractivity contribution in [2.75, 3.05) is 44.4 Å². The predicted molar refractivity (Wildman–Crippen MR) is 124 cm³/mol. The summed E-state index contributed by atoms with van der Waals surface area (Å²) in [5, 5.41) is 3.18. The smallest absolute Gasteiger partial charge is 0.229 e. The van der Waals surface area contributed by atoms with Crippen LogP contribution >= 0.6 is 0 Å². The number of hydrogen-bond acceptors (Lipinski definition) is 7. The lowest BCUT2D eigenvalue weighted by Gasteiger charge is -2.15. The molecule has 4 rings (SSSR count). The fourth-order valence-corrected chi connectivity index (χ4v) is 3.74. The molecule has 0 bridgehead atoms. The van der Waals surface area contributed by atoms with Gasteiger partial charge in [0.1, 0.15) is 18.2 Å². The summed E-state index contributed by atoms with van der Waals surface area (Å²) in [7, 11) is 1.43. The quantitative estimate of drug-likeness (QED) is 0.540. The molecule has 1 saturated heterocycles. The SMILES string of the molecule is COc1cc(-c2nc(Nc3ccc(OCCN4CCCC4)cc3)nc(N)c2C)ccc1F. The summed E-state index contributed by atoms with van der Waals surface area (Å²) in [4.78, 5) is 11.4. The van der Waals surface area contributed by atoms with Crippen LogP contribution in [0.3, 0.4) is 0 Å². The lowest BCUT2D eigenvalue weighted by Crippen LogP contribution is -2.25. The lowest BCUT2D eigenvalue weighted by atomic mass is 10.1. The Morgan fingerprint density at radius 1 is 1.09 bits per heavy atom. The van der Waals surface area contributed by atoms with E-state index < -0.39 is 5.82 Å². The van der Waals surface area contributed by atoms with Gasteiger partial charge < -0.3 is 20.5 Å². The van der Waals surface area contributed by atoms with Crippen LogP contribution in [0.5, 0.6) is 11.5 Å². The van der Waals surface area contributed by atoms with Crippen molar-refractivity contribution in [1.29, 1.82) is 0 Å². The Labute approximate surface area is 187 Å². The van der Waals surface area contributed by atoms with Crippen molar-refractivity contribution in [3.63, 3.8) is 0 Å². The van der Waals surface area contributed by atoms with Crippen LogP contribution in [-0.2, 0) is 0 Å². The van der Waals surface area contributed by atoms with Gasteiger partial charge in [-0.15, -0.1) is 0 Å². The molecule has 168 valence electrons. The maximum absolute atomic E-state index is 13.8. The molecule has 1 aromatic heterocycles. The molecule has 1 aliphatic rings. The number of nitrogens with zero attached hydrogens (tertiary/aromatic N) is 3. The number of nitrogens with two attached hydrogens (primary N) is 1. The first-order valence-corrected chi connectivity index (χ1v) is 10.7. The molecule has 2 heterocycles. The first kappa shape index (κ1) is 21.8. The van der Waals surface area contributed by atoms with Gasteiger partial charge >= 0.3 is 0 Å². The Hall–Kier alpha value is -3.39. The van der Waals surface area contributed by atoms with E-state index >= 15 is 0 Å². The number of benzene rings is 2. The van der Waals surface area contributed by atoms with Crippen LogP contribution in [0.25, 0.3) is 11.3 Å². The molecule has 0 saturated carbocycles. The highest BCUT2D eigenvalue weighted by Crippen LogP contribution is 2.30. The van der Waals surface area contributed by atoms with Crippen LogP contribution < -0.4 is 20.5 Å². The Balaban J connectivity index is 1.46. The van der Waals surface area contributed by atoms with Crippen LogP contribution in [0.4, 0.5) is 21.8 Å². The first-order chi connectivity index (χ1) is 15.5. The van der Waals surface area contributed by atoms with Crippen LogP contribution in [0.15, 0.2) is 42.5 Å². The zero-order chi connectivity index (χ0) is 22.5. The van der Waals surface area contributed by atoms with Crippen molar-refractivity contribution >= 4 is 17.5 Å². The van der Waals surface area contributed by atoms with Gasteiger partial charge in [-0.25, -0.2) is 9.37 Å². The summed E-state index contributed by atoms with van der Waals surface area (Å²) in [6.07, 6.45) is 2.56. The number of ether oxygens (including phenoxy) is 2. The molecule has 0 atom stereocenters. The Bertz CT molecular complexity index is 1070. The third-order valence-electron chi connectivity index (χ3n) is 5.59. The fraction of sp³-hybridized carbons (Fsp3) is 0.333. The predicted octanol–water partition coefficient (Wildman–Crippen LogP) is 4.40. The number of aromatic nitrogens is 2. The minimum absolute atomic E-state index is 0.147. The van der Waals surface area contributed by atoms with E-state index in [0.717, 1.165) is 18.0 Å². The van der Waals surface area contributed by atoms with E-state index in [1.165, 1.54) is 39.1 Å². The van der Waals surface area contributed by atoms with E-state index in [-0.39, 0.29) is 5.75 Å². The van der Waals surface area contributed by atoms with Crippen LogP contribution in [0.2, 0.25) is 0 Å². The second-order valence-corrected chi connectivity index (χ2v) is 7.80. The van der Waals surface area contributed by atoms with E-state index in [1.807, 2.05) is 31.2 Å². The first-order valence-electron chi connectivity index (χ1n) is 10.7. The van der Waals surface area contributed by atoms with Gasteiger partial charge in [0, 0.05) is 23.4 Å². The second-order valence-electron chi connectivity index (χ2n) is 7.80. The van der Waals surface area contributed by atoms with Gasteiger partial charge in [-0.2, -0.15) is 4.98 Å². The van der Waals surface area contributed by atoms with Gasteiger partial charge in [0.05, 0.1) is 12.8 Å². The van der Waals surface area contributed by atoms with E-state index in [4.69, 9.17) is 15.2 Å². The summed E-state index contributed by atoms with van der Waals surface area (Å²) in [5.41, 5.74) is 8.95. The number of likely N-dealkylation sites (tertiary alicyclic amines) is 1. The third kappa shape index (κ3) is 5.08. The van der Waals surface area contributed by atoms with Gasteiger partial charge in [0.15, 0.2) is 11.6 Å². The van der Waals surface area contributed by atoms with E-state index in [9.17, 15) is 4.39 Å². The van der Waals surface area contributed by atoms with Gasteiger partial charge in [0.2, 0.25) is 5.95 Å². The summed E-state index contributed by atoms with van der Waals surface area (Å²) in [6.45, 7) is 5.79. The number of anilines is 3. The van der Waals surface area contributed by atoms with Gasteiger partial charge in [-0.05, 0) is 75.3 Å². The van der Waals surface area contributed by atoms with Crippen molar-refractivity contribution < 1.29 is 13.9 Å². The highest BCUT2D eigenvalue weighted by Gasteiger charge is 2.14.